The maximum atomic E-state index is 5.38. The van der Waals surface area contributed by atoms with Gasteiger partial charge in [0.1, 0.15) is 5.75 Å². The van der Waals surface area contributed by atoms with Crippen molar-refractivity contribution in [1.29, 1.82) is 0 Å². The summed E-state index contributed by atoms with van der Waals surface area (Å²) in [5.41, 5.74) is 2.23. The Morgan fingerprint density at radius 2 is 2.11 bits per heavy atom. The fraction of sp³-hybridized carbons (Fsp3) is 0.357. The average Bonchev–Trinajstić information content (AvgIpc) is 2.83. The highest BCUT2D eigenvalue weighted by Gasteiger charge is 2.14. The van der Waals surface area contributed by atoms with Gasteiger partial charge in [0.15, 0.2) is 0 Å². The lowest BCUT2D eigenvalue weighted by atomic mass is 10.0. The number of aryl methyl sites for hydroxylation is 1. The van der Waals surface area contributed by atoms with Crippen LogP contribution < -0.4 is 10.1 Å². The van der Waals surface area contributed by atoms with E-state index in [0.29, 0.717) is 0 Å². The van der Waals surface area contributed by atoms with Crippen molar-refractivity contribution in [1.82, 2.24) is 15.1 Å². The summed E-state index contributed by atoms with van der Waals surface area (Å²) in [4.78, 5) is 0. The maximum Gasteiger partial charge on any atom is 0.122 e. The zero-order valence-electron chi connectivity index (χ0n) is 11.1. The molecular formula is C14H19N3O. The monoisotopic (exact) mass is 245 g/mol. The van der Waals surface area contributed by atoms with Crippen molar-refractivity contribution in [3.63, 3.8) is 0 Å². The lowest BCUT2D eigenvalue weighted by Gasteiger charge is -2.15. The smallest absolute Gasteiger partial charge is 0.122 e. The first-order chi connectivity index (χ1) is 8.74. The van der Waals surface area contributed by atoms with Gasteiger partial charge in [0.2, 0.25) is 0 Å². The molecule has 96 valence electrons. The fourth-order valence-electron chi connectivity index (χ4n) is 2.06. The standard InChI is InChI=1S/C14H19N3O/c1-15-13(12-8-9-17(2)16-12)10-11-6-4-5-7-14(11)18-3/h4-9,13,15H,10H2,1-3H3. The van der Waals surface area contributed by atoms with Crippen LogP contribution in [-0.4, -0.2) is 23.9 Å². The van der Waals surface area contributed by atoms with Gasteiger partial charge in [0, 0.05) is 13.2 Å². The van der Waals surface area contributed by atoms with E-state index in [9.17, 15) is 0 Å². The normalized spacial score (nSPS) is 12.4. The topological polar surface area (TPSA) is 39.1 Å². The highest BCUT2D eigenvalue weighted by atomic mass is 16.5. The van der Waals surface area contributed by atoms with E-state index < -0.39 is 0 Å². The van der Waals surface area contributed by atoms with Crippen LogP contribution in [-0.2, 0) is 13.5 Å². The van der Waals surface area contributed by atoms with E-state index in [1.807, 2.05) is 49.2 Å². The molecule has 0 saturated heterocycles. The molecule has 1 atom stereocenters. The Balaban J connectivity index is 2.20. The number of benzene rings is 1. The lowest BCUT2D eigenvalue weighted by Crippen LogP contribution is -2.19. The zero-order chi connectivity index (χ0) is 13.0. The predicted octanol–water partition coefficient (Wildman–Crippen LogP) is 1.93. The molecule has 0 aliphatic heterocycles. The molecule has 2 aromatic rings. The van der Waals surface area contributed by atoms with E-state index in [4.69, 9.17) is 4.74 Å². The highest BCUT2D eigenvalue weighted by molar-refractivity contribution is 5.34. The van der Waals surface area contributed by atoms with Crippen LogP contribution in [0.3, 0.4) is 0 Å². The van der Waals surface area contributed by atoms with Crippen molar-refractivity contribution in [3.8, 4) is 5.75 Å². The molecule has 0 saturated carbocycles. The van der Waals surface area contributed by atoms with Gasteiger partial charge in [-0.15, -0.1) is 0 Å². The van der Waals surface area contributed by atoms with Gasteiger partial charge < -0.3 is 10.1 Å². The van der Waals surface area contributed by atoms with Gasteiger partial charge in [-0.2, -0.15) is 5.10 Å². The second-order valence-electron chi connectivity index (χ2n) is 4.27. The summed E-state index contributed by atoms with van der Waals surface area (Å²) in [5.74, 6) is 0.925. The second-order valence-corrected chi connectivity index (χ2v) is 4.27. The summed E-state index contributed by atoms with van der Waals surface area (Å²) in [6.45, 7) is 0. The number of ether oxygens (including phenoxy) is 1. The van der Waals surface area contributed by atoms with Crippen molar-refractivity contribution < 1.29 is 4.74 Å². The largest absolute Gasteiger partial charge is 0.496 e. The second kappa shape index (κ2) is 5.69. The zero-order valence-corrected chi connectivity index (χ0v) is 11.1. The molecule has 0 amide bonds. The van der Waals surface area contributed by atoms with Gasteiger partial charge in [0.05, 0.1) is 18.8 Å². The molecule has 0 radical (unpaired) electrons. The van der Waals surface area contributed by atoms with Gasteiger partial charge in [-0.1, -0.05) is 18.2 Å². The number of rotatable bonds is 5. The van der Waals surface area contributed by atoms with E-state index in [1.165, 1.54) is 5.56 Å². The van der Waals surface area contributed by atoms with Crippen LogP contribution in [0.5, 0.6) is 5.75 Å². The summed E-state index contributed by atoms with van der Waals surface area (Å²) in [6, 6.07) is 10.3. The molecule has 2 rings (SSSR count). The van der Waals surface area contributed by atoms with Crippen molar-refractivity contribution in [2.45, 2.75) is 12.5 Å². The first-order valence-corrected chi connectivity index (χ1v) is 6.03. The molecule has 0 fully saturated rings. The van der Waals surface area contributed by atoms with E-state index in [1.54, 1.807) is 7.11 Å². The van der Waals surface area contributed by atoms with Crippen molar-refractivity contribution in [2.24, 2.45) is 7.05 Å². The minimum absolute atomic E-state index is 0.197. The van der Waals surface area contributed by atoms with Gasteiger partial charge in [-0.05, 0) is 31.2 Å². The number of hydrogen-bond donors (Lipinski definition) is 1. The average molecular weight is 245 g/mol. The molecule has 4 heteroatoms. The van der Waals surface area contributed by atoms with E-state index in [2.05, 4.69) is 16.5 Å². The Labute approximate surface area is 108 Å². The van der Waals surface area contributed by atoms with E-state index >= 15 is 0 Å². The summed E-state index contributed by atoms with van der Waals surface area (Å²) >= 11 is 0. The Bertz CT molecular complexity index is 507. The Kier molecular flexibility index (Phi) is 3.99. The first-order valence-electron chi connectivity index (χ1n) is 6.03. The van der Waals surface area contributed by atoms with Crippen LogP contribution in [0, 0.1) is 0 Å². The van der Waals surface area contributed by atoms with Crippen molar-refractivity contribution >= 4 is 0 Å². The van der Waals surface area contributed by atoms with Crippen molar-refractivity contribution in [3.05, 3.63) is 47.8 Å². The highest BCUT2D eigenvalue weighted by Crippen LogP contribution is 2.23. The molecular weight excluding hydrogens is 226 g/mol. The number of para-hydroxylation sites is 1. The number of nitrogens with zero attached hydrogens (tertiary/aromatic N) is 2. The maximum absolute atomic E-state index is 5.38. The number of aromatic nitrogens is 2. The fourth-order valence-corrected chi connectivity index (χ4v) is 2.06. The van der Waals surface area contributed by atoms with E-state index in [0.717, 1.165) is 17.9 Å². The van der Waals surface area contributed by atoms with E-state index in [-0.39, 0.29) is 6.04 Å². The van der Waals surface area contributed by atoms with Crippen LogP contribution in [0.2, 0.25) is 0 Å². The van der Waals surface area contributed by atoms with Crippen LogP contribution in [0.4, 0.5) is 0 Å². The quantitative estimate of drug-likeness (QED) is 0.875. The minimum atomic E-state index is 0.197. The molecule has 1 aromatic carbocycles. The minimum Gasteiger partial charge on any atom is -0.496 e. The SMILES string of the molecule is CNC(Cc1ccccc1OC)c1ccn(C)n1. The molecule has 1 aromatic heterocycles. The molecule has 18 heavy (non-hydrogen) atoms. The molecule has 0 aliphatic carbocycles. The van der Waals surface area contributed by atoms with Gasteiger partial charge in [-0.25, -0.2) is 0 Å². The molecule has 0 aliphatic rings. The van der Waals surface area contributed by atoms with Crippen LogP contribution in [0.25, 0.3) is 0 Å². The first kappa shape index (κ1) is 12.6. The summed E-state index contributed by atoms with van der Waals surface area (Å²) in [6.07, 6.45) is 2.82. The molecule has 0 bridgehead atoms. The molecule has 4 nitrogen and oxygen atoms in total. The number of likely N-dealkylation sites (N-methyl/N-ethyl adjacent to an activating group) is 1. The third-order valence-corrected chi connectivity index (χ3v) is 3.06. The number of nitrogens with one attached hydrogen (secondary N) is 1. The predicted molar refractivity (Wildman–Crippen MR) is 71.7 cm³/mol. The van der Waals surface area contributed by atoms with Crippen LogP contribution in [0.15, 0.2) is 36.5 Å². The van der Waals surface area contributed by atoms with Gasteiger partial charge >= 0.3 is 0 Å². The Hall–Kier alpha value is -1.81. The summed E-state index contributed by atoms with van der Waals surface area (Å²) in [7, 11) is 5.59. The Morgan fingerprint density at radius 1 is 1.33 bits per heavy atom. The molecule has 1 N–H and O–H groups in total. The van der Waals surface area contributed by atoms with Crippen molar-refractivity contribution in [2.75, 3.05) is 14.2 Å². The third-order valence-electron chi connectivity index (χ3n) is 3.06. The summed E-state index contributed by atoms with van der Waals surface area (Å²) < 4.78 is 7.20. The lowest BCUT2D eigenvalue weighted by molar-refractivity contribution is 0.406. The van der Waals surface area contributed by atoms with Crippen LogP contribution >= 0.6 is 0 Å². The third kappa shape index (κ3) is 2.71. The number of hydrogen-bond acceptors (Lipinski definition) is 3. The molecule has 0 spiro atoms. The molecule has 1 heterocycles. The Morgan fingerprint density at radius 3 is 2.72 bits per heavy atom. The van der Waals surface area contributed by atoms with Gasteiger partial charge in [-0.3, -0.25) is 4.68 Å². The molecule has 1 unspecified atom stereocenters. The number of methoxy groups -OCH3 is 1. The summed E-state index contributed by atoms with van der Waals surface area (Å²) in [5, 5.41) is 7.75. The van der Waals surface area contributed by atoms with Crippen LogP contribution in [0.1, 0.15) is 17.3 Å². The van der Waals surface area contributed by atoms with Gasteiger partial charge in [0.25, 0.3) is 0 Å².